The third-order valence-electron chi connectivity index (χ3n) is 7.34. The van der Waals surface area contributed by atoms with E-state index in [0.29, 0.717) is 22.8 Å². The SMILES string of the molecule is NCC1(Cc2ccc(Cl)cc2)CCN(c2ccc3c(=O)[nH]cnc3c2)CC1.O=c1[nH]cnc2cc(F)ccc12. The van der Waals surface area contributed by atoms with Crippen molar-refractivity contribution in [2.45, 2.75) is 19.3 Å². The number of aromatic amines is 2. The van der Waals surface area contributed by atoms with Crippen LogP contribution >= 0.6 is 11.6 Å². The second kappa shape index (κ2) is 11.3. The first-order valence-electron chi connectivity index (χ1n) is 12.7. The first-order chi connectivity index (χ1) is 18.9. The van der Waals surface area contributed by atoms with Crippen LogP contribution in [0, 0.1) is 11.2 Å². The highest BCUT2D eigenvalue weighted by atomic mass is 35.5. The fraction of sp³-hybridized carbons (Fsp3) is 0.241. The first-order valence-corrected chi connectivity index (χ1v) is 13.0. The van der Waals surface area contributed by atoms with Gasteiger partial charge in [-0.1, -0.05) is 23.7 Å². The lowest BCUT2D eigenvalue weighted by atomic mass is 9.74. The van der Waals surface area contributed by atoms with E-state index in [1.165, 1.54) is 36.4 Å². The molecule has 10 heteroatoms. The van der Waals surface area contributed by atoms with Crippen LogP contribution in [0.25, 0.3) is 21.8 Å². The Bertz CT molecular complexity index is 1710. The van der Waals surface area contributed by atoms with Crippen molar-refractivity contribution in [1.29, 1.82) is 0 Å². The minimum Gasteiger partial charge on any atom is -0.371 e. The maximum atomic E-state index is 12.6. The molecule has 6 rings (SSSR count). The van der Waals surface area contributed by atoms with Crippen LogP contribution in [0.3, 0.4) is 0 Å². The van der Waals surface area contributed by atoms with Gasteiger partial charge < -0.3 is 20.6 Å². The fourth-order valence-corrected chi connectivity index (χ4v) is 5.15. The number of hydrogen-bond acceptors (Lipinski definition) is 6. The topological polar surface area (TPSA) is 121 Å². The normalized spacial score (nSPS) is 14.7. The van der Waals surface area contributed by atoms with E-state index < -0.39 is 0 Å². The zero-order chi connectivity index (χ0) is 27.4. The fourth-order valence-electron chi connectivity index (χ4n) is 5.02. The Labute approximate surface area is 228 Å². The van der Waals surface area contributed by atoms with Crippen molar-refractivity contribution >= 4 is 39.1 Å². The Hall–Kier alpha value is -4.08. The van der Waals surface area contributed by atoms with Gasteiger partial charge in [-0.05, 0) is 79.3 Å². The van der Waals surface area contributed by atoms with Crippen LogP contribution in [0.2, 0.25) is 5.02 Å². The molecule has 5 aromatic rings. The number of fused-ring (bicyclic) bond motifs is 2. The molecule has 39 heavy (non-hydrogen) atoms. The maximum Gasteiger partial charge on any atom is 0.258 e. The predicted octanol–water partition coefficient (Wildman–Crippen LogP) is 4.43. The molecule has 0 amide bonds. The lowest BCUT2D eigenvalue weighted by Crippen LogP contribution is -2.45. The second-order valence-electron chi connectivity index (χ2n) is 9.82. The molecular weight excluding hydrogens is 519 g/mol. The molecule has 0 atom stereocenters. The van der Waals surface area contributed by atoms with E-state index in [1.54, 1.807) is 0 Å². The minimum absolute atomic E-state index is 0.102. The van der Waals surface area contributed by atoms with E-state index in [-0.39, 0.29) is 22.4 Å². The highest BCUT2D eigenvalue weighted by Crippen LogP contribution is 2.36. The van der Waals surface area contributed by atoms with Crippen molar-refractivity contribution in [1.82, 2.24) is 19.9 Å². The third-order valence-corrected chi connectivity index (χ3v) is 7.60. The molecule has 1 aliphatic heterocycles. The Kier molecular flexibility index (Phi) is 7.72. The zero-order valence-corrected chi connectivity index (χ0v) is 21.9. The Morgan fingerprint density at radius 1 is 0.872 bits per heavy atom. The summed E-state index contributed by atoms with van der Waals surface area (Å²) in [6.45, 7) is 2.57. The number of aromatic nitrogens is 4. The monoisotopic (exact) mass is 546 g/mol. The number of nitrogens with zero attached hydrogens (tertiary/aromatic N) is 3. The number of benzene rings is 3. The highest BCUT2D eigenvalue weighted by molar-refractivity contribution is 6.30. The van der Waals surface area contributed by atoms with E-state index in [1.807, 2.05) is 30.3 Å². The molecule has 0 bridgehead atoms. The van der Waals surface area contributed by atoms with Gasteiger partial charge in [-0.3, -0.25) is 9.59 Å². The van der Waals surface area contributed by atoms with E-state index in [4.69, 9.17) is 17.3 Å². The van der Waals surface area contributed by atoms with Crippen molar-refractivity contribution in [2.75, 3.05) is 24.5 Å². The van der Waals surface area contributed by atoms with E-state index >= 15 is 0 Å². The third kappa shape index (κ3) is 6.00. The van der Waals surface area contributed by atoms with Gasteiger partial charge in [0.2, 0.25) is 0 Å². The Morgan fingerprint density at radius 3 is 2.08 bits per heavy atom. The molecule has 8 nitrogen and oxygen atoms in total. The molecule has 1 fully saturated rings. The molecule has 3 heterocycles. The van der Waals surface area contributed by atoms with Gasteiger partial charge in [0, 0.05) is 29.9 Å². The highest BCUT2D eigenvalue weighted by Gasteiger charge is 2.33. The van der Waals surface area contributed by atoms with Crippen molar-refractivity contribution < 1.29 is 4.39 Å². The van der Waals surface area contributed by atoms with Gasteiger partial charge in [0.25, 0.3) is 11.1 Å². The van der Waals surface area contributed by atoms with Crippen molar-refractivity contribution in [3.05, 3.63) is 110 Å². The summed E-state index contributed by atoms with van der Waals surface area (Å²) in [7, 11) is 0. The van der Waals surface area contributed by atoms with Gasteiger partial charge in [-0.15, -0.1) is 0 Å². The van der Waals surface area contributed by atoms with Gasteiger partial charge in [0.05, 0.1) is 34.5 Å². The number of H-pyrrole nitrogens is 2. The molecule has 0 radical (unpaired) electrons. The number of nitrogens with one attached hydrogen (secondary N) is 2. The summed E-state index contributed by atoms with van der Waals surface area (Å²) >= 11 is 6.00. The number of piperidine rings is 1. The quantitative estimate of drug-likeness (QED) is 0.307. The lowest BCUT2D eigenvalue weighted by Gasteiger charge is -2.42. The van der Waals surface area contributed by atoms with Gasteiger partial charge in [0.15, 0.2) is 0 Å². The van der Waals surface area contributed by atoms with Gasteiger partial charge >= 0.3 is 0 Å². The summed E-state index contributed by atoms with van der Waals surface area (Å²) in [4.78, 5) is 38.4. The molecule has 200 valence electrons. The summed E-state index contributed by atoms with van der Waals surface area (Å²) < 4.78 is 12.6. The van der Waals surface area contributed by atoms with Gasteiger partial charge in [-0.2, -0.15) is 0 Å². The summed E-state index contributed by atoms with van der Waals surface area (Å²) in [5.74, 6) is -0.388. The molecule has 0 unspecified atom stereocenters. The summed E-state index contributed by atoms with van der Waals surface area (Å²) in [5, 5.41) is 1.79. The molecule has 2 aromatic heterocycles. The average Bonchev–Trinajstić information content (AvgIpc) is 2.95. The first kappa shape index (κ1) is 26.5. The standard InChI is InChI=1S/C21H23ClN4O.C8H5FN2O/c22-16-3-1-15(2-4-16)12-21(13-23)7-9-26(10-8-21)17-5-6-18-19(11-17)24-14-25-20(18)27;9-5-1-2-6-7(3-5)10-4-11-8(6)12/h1-6,11,14H,7-10,12-13,23H2,(H,24,25,27);1-4H,(H,10,11,12). The van der Waals surface area contributed by atoms with Crippen LogP contribution in [0.5, 0.6) is 0 Å². The summed E-state index contributed by atoms with van der Waals surface area (Å²) in [6, 6.07) is 17.8. The predicted molar refractivity (Wildman–Crippen MR) is 153 cm³/mol. The molecular formula is C29H28ClFN6O2. The van der Waals surface area contributed by atoms with E-state index in [9.17, 15) is 14.0 Å². The average molecular weight is 547 g/mol. The Balaban J connectivity index is 0.000000214. The van der Waals surface area contributed by atoms with Crippen molar-refractivity contribution in [2.24, 2.45) is 11.1 Å². The molecule has 0 saturated carbocycles. The van der Waals surface area contributed by atoms with Crippen LogP contribution in [0.15, 0.2) is 82.9 Å². The van der Waals surface area contributed by atoms with Crippen LogP contribution in [0.4, 0.5) is 10.1 Å². The lowest BCUT2D eigenvalue weighted by molar-refractivity contribution is 0.226. The Morgan fingerprint density at radius 2 is 1.46 bits per heavy atom. The second-order valence-corrected chi connectivity index (χ2v) is 10.3. The molecule has 3 aromatic carbocycles. The van der Waals surface area contributed by atoms with Crippen molar-refractivity contribution in [3.63, 3.8) is 0 Å². The molecule has 0 spiro atoms. The van der Waals surface area contributed by atoms with Gasteiger partial charge in [-0.25, -0.2) is 14.4 Å². The number of nitrogens with two attached hydrogens (primary N) is 1. The largest absolute Gasteiger partial charge is 0.371 e. The minimum atomic E-state index is -0.388. The van der Waals surface area contributed by atoms with Crippen LogP contribution in [0.1, 0.15) is 18.4 Å². The smallest absolute Gasteiger partial charge is 0.258 e. The number of anilines is 1. The van der Waals surface area contributed by atoms with Crippen LogP contribution in [-0.4, -0.2) is 39.6 Å². The van der Waals surface area contributed by atoms with E-state index in [0.717, 1.165) is 48.6 Å². The number of halogens is 2. The maximum absolute atomic E-state index is 12.6. The summed E-state index contributed by atoms with van der Waals surface area (Å²) in [5.41, 5.74) is 9.47. The molecule has 4 N–H and O–H groups in total. The summed E-state index contributed by atoms with van der Waals surface area (Å²) in [6.07, 6.45) is 5.75. The zero-order valence-electron chi connectivity index (χ0n) is 21.2. The van der Waals surface area contributed by atoms with Crippen molar-refractivity contribution in [3.8, 4) is 0 Å². The number of hydrogen-bond donors (Lipinski definition) is 3. The van der Waals surface area contributed by atoms with E-state index in [2.05, 4.69) is 37.0 Å². The molecule has 1 saturated heterocycles. The van der Waals surface area contributed by atoms with Gasteiger partial charge in [0.1, 0.15) is 5.82 Å². The van der Waals surface area contributed by atoms with Crippen LogP contribution < -0.4 is 21.8 Å². The molecule has 0 aliphatic carbocycles. The number of rotatable bonds is 4. The molecule has 1 aliphatic rings. The van der Waals surface area contributed by atoms with Crippen LogP contribution in [-0.2, 0) is 6.42 Å².